The minimum atomic E-state index is -0.174. The number of nitrogens with two attached hydrogens (primary N) is 1. The van der Waals surface area contributed by atoms with Gasteiger partial charge in [-0.2, -0.15) is 0 Å². The van der Waals surface area contributed by atoms with Crippen molar-refractivity contribution in [3.63, 3.8) is 0 Å². The van der Waals surface area contributed by atoms with Gasteiger partial charge in [0.1, 0.15) is 5.69 Å². The molecule has 4 heteroatoms. The first-order valence-corrected chi connectivity index (χ1v) is 4.07. The molecule has 0 aliphatic carbocycles. The minimum absolute atomic E-state index is 0.174. The Kier molecular flexibility index (Phi) is 2.97. The molecule has 0 unspecified atom stereocenters. The molecular weight excluding hydrogens is 166 g/mol. The third-order valence-corrected chi connectivity index (χ3v) is 1.87. The zero-order chi connectivity index (χ0) is 9.84. The lowest BCUT2D eigenvalue weighted by molar-refractivity contribution is 0.0958. The van der Waals surface area contributed by atoms with Crippen LogP contribution in [0.1, 0.15) is 21.7 Å². The fourth-order valence-corrected chi connectivity index (χ4v) is 1.06. The maximum atomic E-state index is 11.2. The molecule has 0 fully saturated rings. The van der Waals surface area contributed by atoms with Crippen molar-refractivity contribution in [2.75, 3.05) is 7.05 Å². The van der Waals surface area contributed by atoms with Crippen molar-refractivity contribution in [1.29, 1.82) is 0 Å². The largest absolute Gasteiger partial charge is 0.354 e. The van der Waals surface area contributed by atoms with Crippen molar-refractivity contribution in [3.8, 4) is 0 Å². The van der Waals surface area contributed by atoms with E-state index in [-0.39, 0.29) is 5.91 Å². The van der Waals surface area contributed by atoms with Gasteiger partial charge in [-0.15, -0.1) is 0 Å². The van der Waals surface area contributed by atoms with E-state index in [2.05, 4.69) is 10.3 Å². The monoisotopic (exact) mass is 179 g/mol. The first-order valence-electron chi connectivity index (χ1n) is 4.07. The number of pyridine rings is 1. The van der Waals surface area contributed by atoms with Crippen LogP contribution in [0.3, 0.4) is 0 Å². The highest BCUT2D eigenvalue weighted by Crippen LogP contribution is 2.05. The number of aryl methyl sites for hydroxylation is 1. The van der Waals surface area contributed by atoms with E-state index >= 15 is 0 Å². The minimum Gasteiger partial charge on any atom is -0.354 e. The summed E-state index contributed by atoms with van der Waals surface area (Å²) in [6.45, 7) is 2.29. The number of rotatable bonds is 2. The zero-order valence-corrected chi connectivity index (χ0v) is 7.79. The predicted molar refractivity (Wildman–Crippen MR) is 50.3 cm³/mol. The van der Waals surface area contributed by atoms with Crippen molar-refractivity contribution in [2.24, 2.45) is 5.73 Å². The molecule has 0 spiro atoms. The van der Waals surface area contributed by atoms with E-state index < -0.39 is 0 Å². The van der Waals surface area contributed by atoms with Crippen molar-refractivity contribution >= 4 is 5.91 Å². The molecule has 1 amide bonds. The molecule has 0 saturated heterocycles. The van der Waals surface area contributed by atoms with Gasteiger partial charge in [0, 0.05) is 19.3 Å². The van der Waals surface area contributed by atoms with E-state index in [0.29, 0.717) is 12.2 Å². The van der Waals surface area contributed by atoms with Crippen LogP contribution in [0.2, 0.25) is 0 Å². The third-order valence-electron chi connectivity index (χ3n) is 1.87. The molecule has 0 saturated carbocycles. The predicted octanol–water partition coefficient (Wildman–Crippen LogP) is 0.208. The summed E-state index contributed by atoms with van der Waals surface area (Å²) in [6, 6.07) is 3.50. The van der Waals surface area contributed by atoms with Crippen molar-refractivity contribution < 1.29 is 4.79 Å². The molecule has 0 aliphatic heterocycles. The van der Waals surface area contributed by atoms with Crippen molar-refractivity contribution in [1.82, 2.24) is 10.3 Å². The molecule has 70 valence electrons. The number of hydrogen-bond donors (Lipinski definition) is 2. The van der Waals surface area contributed by atoms with Gasteiger partial charge in [-0.1, -0.05) is 6.07 Å². The topological polar surface area (TPSA) is 68.0 Å². The highest BCUT2D eigenvalue weighted by atomic mass is 16.1. The molecule has 1 rings (SSSR count). The Balaban J connectivity index is 3.02. The summed E-state index contributed by atoms with van der Waals surface area (Å²) in [7, 11) is 1.58. The third kappa shape index (κ3) is 2.03. The molecule has 0 aliphatic rings. The van der Waals surface area contributed by atoms with Crippen molar-refractivity contribution in [2.45, 2.75) is 13.5 Å². The Bertz CT molecular complexity index is 323. The number of nitrogens with one attached hydrogen (secondary N) is 1. The molecule has 3 N–H and O–H groups in total. The van der Waals surface area contributed by atoms with Crippen molar-refractivity contribution in [3.05, 3.63) is 29.1 Å². The molecule has 0 bridgehead atoms. The summed E-state index contributed by atoms with van der Waals surface area (Å²) in [5, 5.41) is 2.51. The van der Waals surface area contributed by atoms with Gasteiger partial charge in [0.25, 0.3) is 5.91 Å². The van der Waals surface area contributed by atoms with Crippen LogP contribution in [-0.2, 0) is 6.54 Å². The molecule has 1 aromatic rings. The number of hydrogen-bond acceptors (Lipinski definition) is 3. The lowest BCUT2D eigenvalue weighted by Crippen LogP contribution is -2.19. The summed E-state index contributed by atoms with van der Waals surface area (Å²) in [6.07, 6.45) is 0. The highest BCUT2D eigenvalue weighted by molar-refractivity contribution is 5.92. The molecule has 0 aromatic carbocycles. The molecular formula is C9H13N3O. The summed E-state index contributed by atoms with van der Waals surface area (Å²) in [5.41, 5.74) is 7.67. The van der Waals surface area contributed by atoms with Gasteiger partial charge in [-0.3, -0.25) is 4.79 Å². The van der Waals surface area contributed by atoms with E-state index in [4.69, 9.17) is 5.73 Å². The lowest BCUT2D eigenvalue weighted by Gasteiger charge is -2.04. The second-order valence-corrected chi connectivity index (χ2v) is 2.72. The van der Waals surface area contributed by atoms with Gasteiger partial charge in [0.2, 0.25) is 0 Å². The summed E-state index contributed by atoms with van der Waals surface area (Å²) in [4.78, 5) is 15.3. The summed E-state index contributed by atoms with van der Waals surface area (Å²) < 4.78 is 0. The summed E-state index contributed by atoms with van der Waals surface area (Å²) in [5.74, 6) is -0.174. The van der Waals surface area contributed by atoms with Crippen LogP contribution < -0.4 is 11.1 Å². The lowest BCUT2D eigenvalue weighted by atomic mass is 10.2. The SMILES string of the molecule is CNC(=O)c1ccc(CN)c(C)n1. The fraction of sp³-hybridized carbons (Fsp3) is 0.333. The molecule has 13 heavy (non-hydrogen) atoms. The Hall–Kier alpha value is -1.42. The number of carbonyl (C=O) groups excluding carboxylic acids is 1. The van der Waals surface area contributed by atoms with Crippen LogP contribution in [0, 0.1) is 6.92 Å². The van der Waals surface area contributed by atoms with Gasteiger partial charge < -0.3 is 11.1 Å². The van der Waals surface area contributed by atoms with Gasteiger partial charge in [-0.05, 0) is 18.6 Å². The molecule has 0 atom stereocenters. The van der Waals surface area contributed by atoms with Crippen LogP contribution >= 0.6 is 0 Å². The van der Waals surface area contributed by atoms with Crippen LogP contribution in [0.4, 0.5) is 0 Å². The first-order chi connectivity index (χ1) is 6.19. The van der Waals surface area contributed by atoms with Gasteiger partial charge >= 0.3 is 0 Å². The Morgan fingerprint density at radius 3 is 2.77 bits per heavy atom. The number of amides is 1. The average Bonchev–Trinajstić information content (AvgIpc) is 2.16. The molecule has 1 heterocycles. The van der Waals surface area contributed by atoms with E-state index in [9.17, 15) is 4.79 Å². The Morgan fingerprint density at radius 2 is 2.31 bits per heavy atom. The van der Waals surface area contributed by atoms with Crippen LogP contribution in [0.15, 0.2) is 12.1 Å². The molecule has 4 nitrogen and oxygen atoms in total. The highest BCUT2D eigenvalue weighted by Gasteiger charge is 2.06. The van der Waals surface area contributed by atoms with Crippen LogP contribution in [0.5, 0.6) is 0 Å². The van der Waals surface area contributed by atoms with Crippen LogP contribution in [0.25, 0.3) is 0 Å². The molecule has 1 aromatic heterocycles. The average molecular weight is 179 g/mol. The van der Waals surface area contributed by atoms with E-state index in [1.54, 1.807) is 13.1 Å². The maximum absolute atomic E-state index is 11.2. The van der Waals surface area contributed by atoms with Crippen LogP contribution in [-0.4, -0.2) is 17.9 Å². The van der Waals surface area contributed by atoms with E-state index in [1.807, 2.05) is 13.0 Å². The number of nitrogens with zero attached hydrogens (tertiary/aromatic N) is 1. The normalized spacial score (nSPS) is 9.77. The molecule has 0 radical (unpaired) electrons. The number of aromatic nitrogens is 1. The summed E-state index contributed by atoms with van der Waals surface area (Å²) >= 11 is 0. The van der Waals surface area contributed by atoms with E-state index in [0.717, 1.165) is 11.3 Å². The quantitative estimate of drug-likeness (QED) is 0.681. The second-order valence-electron chi connectivity index (χ2n) is 2.72. The number of carbonyl (C=O) groups is 1. The second kappa shape index (κ2) is 4.00. The first kappa shape index (κ1) is 9.67. The van der Waals surface area contributed by atoms with E-state index in [1.165, 1.54) is 0 Å². The maximum Gasteiger partial charge on any atom is 0.269 e. The van der Waals surface area contributed by atoms with Gasteiger partial charge in [0.05, 0.1) is 0 Å². The smallest absolute Gasteiger partial charge is 0.269 e. The fourth-order valence-electron chi connectivity index (χ4n) is 1.06. The Labute approximate surface area is 77.2 Å². The zero-order valence-electron chi connectivity index (χ0n) is 7.79. The Morgan fingerprint density at radius 1 is 1.62 bits per heavy atom. The van der Waals surface area contributed by atoms with Gasteiger partial charge in [-0.25, -0.2) is 4.98 Å². The van der Waals surface area contributed by atoms with Gasteiger partial charge in [0.15, 0.2) is 0 Å². The standard InChI is InChI=1S/C9H13N3O/c1-6-7(5-10)3-4-8(12-6)9(13)11-2/h3-4H,5,10H2,1-2H3,(H,11,13).